The van der Waals surface area contributed by atoms with Crippen LogP contribution in [-0.4, -0.2) is 13.6 Å². The van der Waals surface area contributed by atoms with Gasteiger partial charge in [0.1, 0.15) is 0 Å². The fourth-order valence-electron chi connectivity index (χ4n) is 2.59. The SMILES string of the molecule is CNCC1CCC([n+]2ccccc2)CC1. The molecule has 2 rings (SSSR count). The summed E-state index contributed by atoms with van der Waals surface area (Å²) in [7, 11) is 2.05. The normalized spacial score (nSPS) is 26.5. The van der Waals surface area contributed by atoms with Gasteiger partial charge in [0.05, 0.1) is 0 Å². The predicted molar refractivity (Wildman–Crippen MR) is 61.6 cm³/mol. The standard InChI is InChI=1S/C13H21N2/c1-14-11-12-5-7-13(8-6-12)15-9-3-2-4-10-15/h2-4,9-10,12-14H,5-8,11H2,1H3/q+1. The molecule has 1 aromatic heterocycles. The second-order valence-corrected chi connectivity index (χ2v) is 4.55. The molecule has 0 saturated heterocycles. The second kappa shape index (κ2) is 5.26. The van der Waals surface area contributed by atoms with Crippen LogP contribution < -0.4 is 9.88 Å². The molecule has 1 aromatic rings. The fourth-order valence-corrected chi connectivity index (χ4v) is 2.59. The Hall–Kier alpha value is -0.890. The van der Waals surface area contributed by atoms with Crippen LogP contribution in [0.3, 0.4) is 0 Å². The summed E-state index contributed by atoms with van der Waals surface area (Å²) in [5, 5.41) is 3.29. The van der Waals surface area contributed by atoms with Crippen LogP contribution in [0.2, 0.25) is 0 Å². The van der Waals surface area contributed by atoms with Gasteiger partial charge in [-0.3, -0.25) is 0 Å². The van der Waals surface area contributed by atoms with Crippen molar-refractivity contribution in [1.82, 2.24) is 5.32 Å². The van der Waals surface area contributed by atoms with Gasteiger partial charge in [0.25, 0.3) is 0 Å². The number of hydrogen-bond acceptors (Lipinski definition) is 1. The summed E-state index contributed by atoms with van der Waals surface area (Å²) in [6, 6.07) is 7.07. The van der Waals surface area contributed by atoms with Crippen molar-refractivity contribution >= 4 is 0 Å². The van der Waals surface area contributed by atoms with Crippen molar-refractivity contribution < 1.29 is 4.57 Å². The van der Waals surface area contributed by atoms with E-state index in [1.165, 1.54) is 32.2 Å². The van der Waals surface area contributed by atoms with Gasteiger partial charge in [-0.1, -0.05) is 6.07 Å². The quantitative estimate of drug-likeness (QED) is 0.746. The molecule has 0 aromatic carbocycles. The lowest BCUT2D eigenvalue weighted by Crippen LogP contribution is -2.41. The number of nitrogens with zero attached hydrogens (tertiary/aromatic N) is 1. The molecule has 1 saturated carbocycles. The Balaban J connectivity index is 1.88. The molecule has 82 valence electrons. The van der Waals surface area contributed by atoms with Gasteiger partial charge in [-0.05, 0) is 32.4 Å². The lowest BCUT2D eigenvalue weighted by molar-refractivity contribution is -0.726. The molecule has 0 aliphatic heterocycles. The average Bonchev–Trinajstić information content (AvgIpc) is 2.32. The van der Waals surface area contributed by atoms with E-state index in [1.54, 1.807) is 0 Å². The topological polar surface area (TPSA) is 15.9 Å². The Morgan fingerprint density at radius 3 is 2.33 bits per heavy atom. The molecule has 0 unspecified atom stereocenters. The molecule has 1 N–H and O–H groups in total. The largest absolute Gasteiger partial charge is 0.319 e. The Morgan fingerprint density at radius 2 is 1.73 bits per heavy atom. The zero-order chi connectivity index (χ0) is 10.5. The molecule has 1 heterocycles. The van der Waals surface area contributed by atoms with E-state index in [4.69, 9.17) is 0 Å². The summed E-state index contributed by atoms with van der Waals surface area (Å²) >= 11 is 0. The molecule has 1 fully saturated rings. The maximum Gasteiger partial charge on any atom is 0.169 e. The fraction of sp³-hybridized carbons (Fsp3) is 0.615. The molecular weight excluding hydrogens is 184 g/mol. The third kappa shape index (κ3) is 2.78. The minimum absolute atomic E-state index is 0.735. The number of pyridine rings is 1. The first kappa shape index (κ1) is 10.6. The summed E-state index contributed by atoms with van der Waals surface area (Å²) in [5.41, 5.74) is 0. The molecule has 1 aliphatic rings. The third-order valence-corrected chi connectivity index (χ3v) is 3.47. The lowest BCUT2D eigenvalue weighted by Gasteiger charge is -2.25. The molecule has 0 atom stereocenters. The van der Waals surface area contributed by atoms with Gasteiger partial charge in [0.15, 0.2) is 18.4 Å². The summed E-state index contributed by atoms with van der Waals surface area (Å²) in [6.45, 7) is 1.19. The van der Waals surface area contributed by atoms with Crippen LogP contribution in [0, 0.1) is 5.92 Å². The first-order valence-electron chi connectivity index (χ1n) is 6.00. The van der Waals surface area contributed by atoms with Crippen LogP contribution in [0.4, 0.5) is 0 Å². The Bertz CT molecular complexity index is 276. The van der Waals surface area contributed by atoms with Gasteiger partial charge < -0.3 is 5.32 Å². The van der Waals surface area contributed by atoms with Gasteiger partial charge in [0.2, 0.25) is 0 Å². The highest BCUT2D eigenvalue weighted by molar-refractivity contribution is 4.84. The Morgan fingerprint density at radius 1 is 1.07 bits per heavy atom. The maximum absolute atomic E-state index is 3.29. The van der Waals surface area contributed by atoms with Gasteiger partial charge in [-0.25, -0.2) is 4.57 Å². The highest BCUT2D eigenvalue weighted by Crippen LogP contribution is 2.28. The van der Waals surface area contributed by atoms with Crippen molar-refractivity contribution in [3.05, 3.63) is 30.6 Å². The molecule has 0 spiro atoms. The summed E-state index contributed by atoms with van der Waals surface area (Å²) in [4.78, 5) is 0. The summed E-state index contributed by atoms with van der Waals surface area (Å²) in [5.74, 6) is 0.899. The highest BCUT2D eigenvalue weighted by Gasteiger charge is 2.25. The molecule has 2 heteroatoms. The lowest BCUT2D eigenvalue weighted by atomic mass is 9.86. The molecule has 15 heavy (non-hydrogen) atoms. The summed E-state index contributed by atoms with van der Waals surface area (Å²) in [6.07, 6.45) is 9.80. The van der Waals surface area contributed by atoms with Gasteiger partial charge in [-0.15, -0.1) is 0 Å². The Kier molecular flexibility index (Phi) is 3.73. The molecule has 1 aliphatic carbocycles. The van der Waals surface area contributed by atoms with E-state index in [0.717, 1.165) is 12.0 Å². The second-order valence-electron chi connectivity index (χ2n) is 4.55. The first-order chi connectivity index (χ1) is 7.40. The first-order valence-corrected chi connectivity index (χ1v) is 6.00. The summed E-state index contributed by atoms with van der Waals surface area (Å²) < 4.78 is 2.37. The van der Waals surface area contributed by atoms with Gasteiger partial charge in [0, 0.05) is 25.0 Å². The van der Waals surface area contributed by atoms with Crippen molar-refractivity contribution in [2.45, 2.75) is 31.7 Å². The van der Waals surface area contributed by atoms with E-state index in [0.29, 0.717) is 0 Å². The zero-order valence-electron chi connectivity index (χ0n) is 9.52. The van der Waals surface area contributed by atoms with Crippen LogP contribution >= 0.6 is 0 Å². The van der Waals surface area contributed by atoms with E-state index >= 15 is 0 Å². The van der Waals surface area contributed by atoms with Crippen molar-refractivity contribution in [3.63, 3.8) is 0 Å². The van der Waals surface area contributed by atoms with Crippen molar-refractivity contribution in [2.24, 2.45) is 5.92 Å². The average molecular weight is 205 g/mol. The minimum Gasteiger partial charge on any atom is -0.319 e. The monoisotopic (exact) mass is 205 g/mol. The molecule has 0 amide bonds. The Labute approximate surface area is 92.3 Å². The van der Waals surface area contributed by atoms with E-state index in [9.17, 15) is 0 Å². The predicted octanol–water partition coefficient (Wildman–Crippen LogP) is 1.92. The van der Waals surface area contributed by atoms with E-state index in [-0.39, 0.29) is 0 Å². The third-order valence-electron chi connectivity index (χ3n) is 3.47. The van der Waals surface area contributed by atoms with Crippen LogP contribution in [0.15, 0.2) is 30.6 Å². The molecule has 2 nitrogen and oxygen atoms in total. The van der Waals surface area contributed by atoms with Crippen molar-refractivity contribution in [1.29, 1.82) is 0 Å². The molecule has 0 bridgehead atoms. The van der Waals surface area contributed by atoms with E-state index < -0.39 is 0 Å². The van der Waals surface area contributed by atoms with Crippen LogP contribution in [-0.2, 0) is 0 Å². The van der Waals surface area contributed by atoms with Crippen molar-refractivity contribution in [3.8, 4) is 0 Å². The van der Waals surface area contributed by atoms with E-state index in [2.05, 4.69) is 47.5 Å². The smallest absolute Gasteiger partial charge is 0.169 e. The molecule has 0 radical (unpaired) electrons. The van der Waals surface area contributed by atoms with E-state index in [1.807, 2.05) is 0 Å². The highest BCUT2D eigenvalue weighted by atomic mass is 15.0. The van der Waals surface area contributed by atoms with Gasteiger partial charge in [-0.2, -0.15) is 0 Å². The van der Waals surface area contributed by atoms with Crippen LogP contribution in [0.1, 0.15) is 31.7 Å². The number of aromatic nitrogens is 1. The zero-order valence-corrected chi connectivity index (χ0v) is 9.52. The van der Waals surface area contributed by atoms with Crippen LogP contribution in [0.5, 0.6) is 0 Å². The maximum atomic E-state index is 3.29. The number of hydrogen-bond donors (Lipinski definition) is 1. The number of nitrogens with one attached hydrogen (secondary N) is 1. The van der Waals surface area contributed by atoms with Crippen LogP contribution in [0.25, 0.3) is 0 Å². The molecular formula is C13H21N2+. The number of rotatable bonds is 3. The van der Waals surface area contributed by atoms with Crippen molar-refractivity contribution in [2.75, 3.05) is 13.6 Å². The van der Waals surface area contributed by atoms with Gasteiger partial charge >= 0.3 is 0 Å². The minimum atomic E-state index is 0.735.